The fourth-order valence-corrected chi connectivity index (χ4v) is 4.26. The van der Waals surface area contributed by atoms with E-state index in [0.29, 0.717) is 12.2 Å². The molecule has 1 aromatic rings. The lowest BCUT2D eigenvalue weighted by Gasteiger charge is -2.27. The van der Waals surface area contributed by atoms with Crippen molar-refractivity contribution in [2.24, 2.45) is 11.8 Å². The summed E-state index contributed by atoms with van der Waals surface area (Å²) in [5.41, 5.74) is -0.201. The molecule has 0 unspecified atom stereocenters. The van der Waals surface area contributed by atoms with Crippen molar-refractivity contribution in [1.82, 2.24) is 4.90 Å². The number of nitrogens with zero attached hydrogens (tertiary/aromatic N) is 1. The quantitative estimate of drug-likeness (QED) is 0.605. The molecule has 0 aromatic heterocycles. The number of carbonyl (C=O) groups is 3. The third-order valence-electron chi connectivity index (χ3n) is 5.64. The molecule has 7 nitrogen and oxygen atoms in total. The maximum absolute atomic E-state index is 12.7. The van der Waals surface area contributed by atoms with Crippen molar-refractivity contribution >= 4 is 17.8 Å². The average molecular weight is 347 g/mol. The number of fused-ring (bicyclic) bond motifs is 1. The number of hydrogen-bond acceptors (Lipinski definition) is 5. The van der Waals surface area contributed by atoms with Gasteiger partial charge in [-0.3, -0.25) is 14.5 Å². The van der Waals surface area contributed by atoms with Gasteiger partial charge in [-0.25, -0.2) is 4.79 Å². The lowest BCUT2D eigenvalue weighted by atomic mass is 9.78. The zero-order valence-electron chi connectivity index (χ0n) is 14.8. The Labute approximate surface area is 146 Å². The Hall–Kier alpha value is -2.41. The van der Waals surface area contributed by atoms with Crippen LogP contribution in [0.2, 0.25) is 0 Å². The second-order valence-corrected chi connectivity index (χ2v) is 6.59. The average Bonchev–Trinajstić information content (AvgIpc) is 3.11. The van der Waals surface area contributed by atoms with Crippen molar-refractivity contribution in [3.8, 4) is 5.75 Å². The maximum atomic E-state index is 12.7. The van der Waals surface area contributed by atoms with E-state index in [2.05, 4.69) is 0 Å². The van der Waals surface area contributed by atoms with Gasteiger partial charge in [0.05, 0.1) is 14.2 Å². The molecule has 2 heterocycles. The summed E-state index contributed by atoms with van der Waals surface area (Å²) < 4.78 is 10.2. The Morgan fingerprint density at radius 1 is 1.20 bits per heavy atom. The Morgan fingerprint density at radius 3 is 2.36 bits per heavy atom. The molecule has 2 saturated heterocycles. The molecule has 7 heteroatoms. The molecule has 134 valence electrons. The third-order valence-corrected chi connectivity index (χ3v) is 5.64. The summed E-state index contributed by atoms with van der Waals surface area (Å²) >= 11 is 0. The fourth-order valence-electron chi connectivity index (χ4n) is 4.26. The van der Waals surface area contributed by atoms with E-state index in [0.717, 1.165) is 10.5 Å². The number of benzene rings is 1. The Bertz CT molecular complexity index is 717. The van der Waals surface area contributed by atoms with Gasteiger partial charge in [-0.1, -0.05) is 6.92 Å². The molecule has 2 fully saturated rings. The molecule has 2 aliphatic rings. The van der Waals surface area contributed by atoms with Gasteiger partial charge in [0, 0.05) is 19.0 Å². The maximum Gasteiger partial charge on any atom is 0.368 e. The van der Waals surface area contributed by atoms with Crippen LogP contribution in [-0.4, -0.2) is 49.5 Å². The number of amides is 2. The van der Waals surface area contributed by atoms with Crippen LogP contribution in [0.15, 0.2) is 24.3 Å². The van der Waals surface area contributed by atoms with E-state index in [4.69, 9.17) is 9.47 Å². The molecule has 2 aliphatic heterocycles. The summed E-state index contributed by atoms with van der Waals surface area (Å²) in [5.74, 6) is -1.60. The van der Waals surface area contributed by atoms with Gasteiger partial charge in [-0.05, 0) is 24.3 Å². The highest BCUT2D eigenvalue weighted by Crippen LogP contribution is 2.45. The number of methoxy groups -OCH3 is 2. The highest BCUT2D eigenvalue weighted by Gasteiger charge is 2.71. The number of likely N-dealkylation sites (tertiary alicyclic amines) is 1. The van der Waals surface area contributed by atoms with Crippen molar-refractivity contribution in [3.05, 3.63) is 29.8 Å². The molecule has 2 N–H and O–H groups in total. The molecular weight excluding hydrogens is 324 g/mol. The summed E-state index contributed by atoms with van der Waals surface area (Å²) in [5, 5.41) is 1.85. The van der Waals surface area contributed by atoms with Gasteiger partial charge in [-0.2, -0.15) is 0 Å². The summed E-state index contributed by atoms with van der Waals surface area (Å²) in [6.07, 6.45) is 0.403. The Kier molecular flexibility index (Phi) is 4.28. The van der Waals surface area contributed by atoms with Gasteiger partial charge in [0.15, 0.2) is 0 Å². The Morgan fingerprint density at radius 2 is 1.84 bits per heavy atom. The molecule has 1 aromatic carbocycles. The fraction of sp³-hybridized carbons (Fsp3) is 0.500. The van der Waals surface area contributed by atoms with Gasteiger partial charge in [0.1, 0.15) is 23.6 Å². The minimum Gasteiger partial charge on any atom is -0.497 e. The van der Waals surface area contributed by atoms with Gasteiger partial charge >= 0.3 is 5.97 Å². The highest BCUT2D eigenvalue weighted by molar-refractivity contribution is 6.08. The second-order valence-electron chi connectivity index (χ2n) is 6.59. The van der Waals surface area contributed by atoms with Gasteiger partial charge in [0.25, 0.3) is 0 Å². The van der Waals surface area contributed by atoms with Crippen molar-refractivity contribution in [2.75, 3.05) is 21.3 Å². The number of esters is 1. The van der Waals surface area contributed by atoms with Crippen LogP contribution >= 0.6 is 0 Å². The molecule has 0 aliphatic carbocycles. The van der Waals surface area contributed by atoms with Crippen LogP contribution in [-0.2, 0) is 19.1 Å². The first-order valence-electron chi connectivity index (χ1n) is 8.31. The lowest BCUT2D eigenvalue weighted by Crippen LogP contribution is -2.98. The van der Waals surface area contributed by atoms with E-state index in [-0.39, 0.29) is 17.9 Å². The summed E-state index contributed by atoms with van der Waals surface area (Å²) in [4.78, 5) is 39.2. The van der Waals surface area contributed by atoms with Crippen molar-refractivity contribution in [2.45, 2.75) is 24.9 Å². The molecule has 2 amide bonds. The van der Waals surface area contributed by atoms with Crippen LogP contribution in [0.3, 0.4) is 0 Å². The van der Waals surface area contributed by atoms with E-state index < -0.39 is 23.3 Å². The molecule has 25 heavy (non-hydrogen) atoms. The van der Waals surface area contributed by atoms with Gasteiger partial charge < -0.3 is 14.8 Å². The zero-order valence-corrected chi connectivity index (χ0v) is 14.8. The molecule has 4 atom stereocenters. The van der Waals surface area contributed by atoms with E-state index in [1.807, 2.05) is 36.5 Å². The number of quaternary nitrogens is 1. The van der Waals surface area contributed by atoms with Crippen LogP contribution in [0.4, 0.5) is 0 Å². The molecular formula is C18H23N2O5+. The second kappa shape index (κ2) is 6.15. The van der Waals surface area contributed by atoms with E-state index in [1.54, 1.807) is 7.11 Å². The minimum absolute atomic E-state index is 0.244. The first-order valence-corrected chi connectivity index (χ1v) is 8.31. The van der Waals surface area contributed by atoms with E-state index in [9.17, 15) is 14.4 Å². The molecule has 3 rings (SSSR count). The number of rotatable bonds is 4. The smallest absolute Gasteiger partial charge is 0.368 e. The van der Waals surface area contributed by atoms with Gasteiger partial charge in [0.2, 0.25) is 17.4 Å². The van der Waals surface area contributed by atoms with Gasteiger partial charge in [-0.15, -0.1) is 0 Å². The normalized spacial score (nSPS) is 31.2. The number of hydrogen-bond donors (Lipinski definition) is 1. The van der Waals surface area contributed by atoms with Crippen molar-refractivity contribution in [1.29, 1.82) is 0 Å². The number of imide groups is 1. The van der Waals surface area contributed by atoms with Crippen molar-refractivity contribution in [3.63, 3.8) is 0 Å². The number of carbonyl (C=O) groups excluding carboxylic acids is 3. The molecule has 0 radical (unpaired) electrons. The van der Waals surface area contributed by atoms with E-state index >= 15 is 0 Å². The molecule has 0 saturated carbocycles. The standard InChI is InChI=1S/C18H22N2O5/c1-5-18(17(23)25-4)13-12(15(21)20(2)16(13)22)14(19-18)10-6-8-11(24-3)9-7-10/h6-9,12-14,19H,5H2,1-4H3/p+1/t12-,13+,14-,18-/m0/s1. The summed E-state index contributed by atoms with van der Waals surface area (Å²) in [7, 11) is 4.38. The van der Waals surface area contributed by atoms with Crippen LogP contribution in [0.25, 0.3) is 0 Å². The third kappa shape index (κ3) is 2.33. The van der Waals surface area contributed by atoms with E-state index in [1.165, 1.54) is 14.2 Å². The minimum atomic E-state index is -1.08. The predicted molar refractivity (Wildman–Crippen MR) is 87.5 cm³/mol. The van der Waals surface area contributed by atoms with Crippen LogP contribution in [0, 0.1) is 11.8 Å². The lowest BCUT2D eigenvalue weighted by molar-refractivity contribution is -0.734. The zero-order chi connectivity index (χ0) is 18.4. The topological polar surface area (TPSA) is 89.5 Å². The van der Waals surface area contributed by atoms with Crippen LogP contribution in [0.1, 0.15) is 24.9 Å². The predicted octanol–water partition coefficient (Wildman–Crippen LogP) is -0.134. The number of ether oxygens (including phenoxy) is 2. The SMILES string of the molecule is CC[C@]1(C(=O)OC)[NH2+][C@@H](c2ccc(OC)cc2)[C@H]2C(=O)N(C)C(=O)[C@@H]21. The van der Waals surface area contributed by atoms with Crippen molar-refractivity contribution < 1.29 is 29.2 Å². The largest absolute Gasteiger partial charge is 0.497 e. The molecule has 0 spiro atoms. The monoisotopic (exact) mass is 347 g/mol. The summed E-state index contributed by atoms with van der Waals surface area (Å²) in [6, 6.07) is 7.05. The molecule has 0 bridgehead atoms. The van der Waals surface area contributed by atoms with Crippen LogP contribution < -0.4 is 10.1 Å². The highest BCUT2D eigenvalue weighted by atomic mass is 16.5. The first kappa shape index (κ1) is 17.4. The summed E-state index contributed by atoms with van der Waals surface area (Å²) in [6.45, 7) is 1.84. The Balaban J connectivity index is 2.09. The van der Waals surface area contributed by atoms with Crippen LogP contribution in [0.5, 0.6) is 5.75 Å². The first-order chi connectivity index (χ1) is 11.9. The number of nitrogens with two attached hydrogens (primary N) is 1.